The predicted octanol–water partition coefficient (Wildman–Crippen LogP) is 3.78. The van der Waals surface area contributed by atoms with Gasteiger partial charge in [-0.3, -0.25) is 9.69 Å². The Bertz CT molecular complexity index is 927. The van der Waals surface area contributed by atoms with E-state index in [0.717, 1.165) is 5.56 Å². The number of likely N-dealkylation sites (N-methyl/N-ethyl adjacent to an activating group) is 1. The summed E-state index contributed by atoms with van der Waals surface area (Å²) in [6.45, 7) is 0. The molecule has 2 aromatic heterocycles. The third-order valence-electron chi connectivity index (χ3n) is 3.25. The first-order valence-corrected chi connectivity index (χ1v) is 8.70. The molecule has 3 heterocycles. The molecule has 4 rings (SSSR count). The Balaban J connectivity index is 1.68. The molecule has 114 valence electrons. The van der Waals surface area contributed by atoms with Gasteiger partial charge in [0.15, 0.2) is 4.83 Å². The monoisotopic (exact) mass is 359 g/mol. The molecule has 1 aliphatic rings. The maximum Gasteiger partial charge on any atom is 0.266 e. The minimum absolute atomic E-state index is 0.107. The lowest BCUT2D eigenvalue weighted by atomic mass is 10.2. The molecule has 1 amide bonds. The Hall–Kier alpha value is -2.03. The van der Waals surface area contributed by atoms with Crippen molar-refractivity contribution in [2.45, 2.75) is 0 Å². The minimum Gasteiger partial charge on any atom is -0.417 e. The summed E-state index contributed by atoms with van der Waals surface area (Å²) in [5, 5.41) is 0.680. The number of carbonyl (C=O) groups is 1. The second-order valence-electron chi connectivity index (χ2n) is 4.79. The molecule has 0 aliphatic carbocycles. The molecule has 0 radical (unpaired) electrons. The van der Waals surface area contributed by atoms with Crippen molar-refractivity contribution in [1.29, 1.82) is 0 Å². The molecule has 0 saturated carbocycles. The van der Waals surface area contributed by atoms with Crippen molar-refractivity contribution in [3.63, 3.8) is 0 Å². The summed E-state index contributed by atoms with van der Waals surface area (Å²) in [6, 6.07) is 9.67. The van der Waals surface area contributed by atoms with Gasteiger partial charge in [0.2, 0.25) is 5.89 Å². The van der Waals surface area contributed by atoms with Crippen LogP contribution in [0.3, 0.4) is 0 Å². The van der Waals surface area contributed by atoms with E-state index in [1.54, 1.807) is 13.1 Å². The molecule has 1 aliphatic heterocycles. The van der Waals surface area contributed by atoms with E-state index in [9.17, 15) is 4.79 Å². The highest BCUT2D eigenvalue weighted by Crippen LogP contribution is 2.34. The van der Waals surface area contributed by atoms with Crippen LogP contribution >= 0.6 is 35.3 Å². The second kappa shape index (κ2) is 5.55. The summed E-state index contributed by atoms with van der Waals surface area (Å²) < 4.78 is 6.25. The number of carbonyl (C=O) groups excluding carboxylic acids is 1. The summed E-state index contributed by atoms with van der Waals surface area (Å²) in [4.78, 5) is 23.6. The Morgan fingerprint density at radius 2 is 2.04 bits per heavy atom. The zero-order valence-electron chi connectivity index (χ0n) is 11.8. The van der Waals surface area contributed by atoms with E-state index >= 15 is 0 Å². The van der Waals surface area contributed by atoms with Crippen LogP contribution in [0.2, 0.25) is 0 Å². The predicted molar refractivity (Wildman–Crippen MR) is 96.1 cm³/mol. The van der Waals surface area contributed by atoms with Gasteiger partial charge in [0.25, 0.3) is 11.6 Å². The van der Waals surface area contributed by atoms with E-state index in [0.29, 0.717) is 30.7 Å². The third kappa shape index (κ3) is 2.58. The molecular formula is C15H9N3O2S3. The molecule has 0 bridgehead atoms. The fourth-order valence-corrected chi connectivity index (χ4v) is 4.12. The number of oxazole rings is 1. The Kier molecular flexibility index (Phi) is 3.51. The van der Waals surface area contributed by atoms with Gasteiger partial charge in [-0.2, -0.15) is 9.97 Å². The Labute approximate surface area is 145 Å². The molecule has 5 nitrogen and oxygen atoms in total. The molecule has 1 fully saturated rings. The topological polar surface area (TPSA) is 59.2 Å². The maximum absolute atomic E-state index is 12.0. The highest BCUT2D eigenvalue weighted by Gasteiger charge is 2.29. The normalized spacial score (nSPS) is 16.9. The summed E-state index contributed by atoms with van der Waals surface area (Å²) >= 11 is 7.77. The van der Waals surface area contributed by atoms with Crippen molar-refractivity contribution in [3.8, 4) is 11.5 Å². The lowest BCUT2D eigenvalue weighted by Gasteiger charge is -2.03. The number of thioether (sulfide) groups is 1. The number of aromatic nitrogens is 2. The van der Waals surface area contributed by atoms with Crippen LogP contribution in [0.1, 0.15) is 5.01 Å². The van der Waals surface area contributed by atoms with Crippen LogP contribution in [0.4, 0.5) is 0 Å². The Morgan fingerprint density at radius 1 is 1.26 bits per heavy atom. The van der Waals surface area contributed by atoms with E-state index in [4.69, 9.17) is 16.6 Å². The second-order valence-corrected chi connectivity index (χ2v) is 7.47. The van der Waals surface area contributed by atoms with Gasteiger partial charge in [0.1, 0.15) is 9.33 Å². The number of rotatable bonds is 2. The van der Waals surface area contributed by atoms with Gasteiger partial charge in [-0.25, -0.2) is 0 Å². The van der Waals surface area contributed by atoms with Crippen molar-refractivity contribution in [3.05, 3.63) is 40.2 Å². The highest BCUT2D eigenvalue weighted by atomic mass is 32.2. The standard InChI is InChI=1S/C15H9N3O2S3/c1-18-14(19)9(22-15(18)21)7-10-16-12-13(23-10)17-11(20-12)8-5-3-2-4-6-8/h2-7H,1H3/b9-7+. The lowest BCUT2D eigenvalue weighted by molar-refractivity contribution is -0.121. The van der Waals surface area contributed by atoms with Gasteiger partial charge in [0.05, 0.1) is 4.91 Å². The van der Waals surface area contributed by atoms with Crippen molar-refractivity contribution in [2.75, 3.05) is 7.05 Å². The minimum atomic E-state index is -0.107. The van der Waals surface area contributed by atoms with Gasteiger partial charge < -0.3 is 4.42 Å². The van der Waals surface area contributed by atoms with Crippen molar-refractivity contribution in [1.82, 2.24) is 14.9 Å². The lowest BCUT2D eigenvalue weighted by Crippen LogP contribution is -2.22. The van der Waals surface area contributed by atoms with Crippen LogP contribution in [0.15, 0.2) is 39.7 Å². The van der Waals surface area contributed by atoms with Crippen LogP contribution < -0.4 is 0 Å². The molecule has 8 heteroatoms. The Morgan fingerprint density at radius 3 is 2.70 bits per heavy atom. The number of fused-ring (bicyclic) bond motifs is 1. The number of thiocarbonyl (C=S) groups is 1. The zero-order valence-corrected chi connectivity index (χ0v) is 14.3. The average Bonchev–Trinajstić information content (AvgIpc) is 3.17. The van der Waals surface area contributed by atoms with Gasteiger partial charge in [-0.1, -0.05) is 53.5 Å². The van der Waals surface area contributed by atoms with E-state index in [1.165, 1.54) is 28.0 Å². The molecule has 1 aromatic carbocycles. The van der Waals surface area contributed by atoms with Gasteiger partial charge in [0, 0.05) is 12.6 Å². The number of thiazole rings is 1. The van der Waals surface area contributed by atoms with Crippen LogP contribution in [-0.2, 0) is 4.79 Å². The molecule has 23 heavy (non-hydrogen) atoms. The number of nitrogens with zero attached hydrogens (tertiary/aromatic N) is 3. The first kappa shape index (κ1) is 14.6. The quantitative estimate of drug-likeness (QED) is 0.513. The van der Waals surface area contributed by atoms with Crippen molar-refractivity contribution >= 4 is 62.2 Å². The molecule has 0 atom stereocenters. The average molecular weight is 359 g/mol. The SMILES string of the molecule is CN1C(=O)/C(=C\c2nc3oc(-c4ccccc4)nc3s2)SC1=S. The maximum atomic E-state index is 12.0. The fourth-order valence-electron chi connectivity index (χ4n) is 2.08. The van der Waals surface area contributed by atoms with Gasteiger partial charge >= 0.3 is 0 Å². The van der Waals surface area contributed by atoms with E-state index in [-0.39, 0.29) is 5.91 Å². The van der Waals surface area contributed by atoms with Crippen LogP contribution in [0.5, 0.6) is 0 Å². The molecule has 0 N–H and O–H groups in total. The molecule has 0 spiro atoms. The van der Waals surface area contributed by atoms with E-state index in [2.05, 4.69) is 9.97 Å². The van der Waals surface area contributed by atoms with Gasteiger partial charge in [-0.05, 0) is 18.2 Å². The molecule has 0 unspecified atom stereocenters. The first-order chi connectivity index (χ1) is 11.1. The summed E-state index contributed by atoms with van der Waals surface area (Å²) in [7, 11) is 1.67. The molecule has 1 saturated heterocycles. The third-order valence-corrected chi connectivity index (χ3v) is 5.62. The summed E-state index contributed by atoms with van der Waals surface area (Å²) in [6.07, 6.45) is 1.73. The zero-order chi connectivity index (χ0) is 16.0. The molecule has 3 aromatic rings. The molecular weight excluding hydrogens is 350 g/mol. The van der Waals surface area contributed by atoms with Crippen LogP contribution in [0, 0.1) is 0 Å². The highest BCUT2D eigenvalue weighted by molar-refractivity contribution is 8.26. The van der Waals surface area contributed by atoms with Crippen LogP contribution in [-0.4, -0.2) is 32.1 Å². The van der Waals surface area contributed by atoms with Crippen molar-refractivity contribution in [2.24, 2.45) is 0 Å². The number of benzene rings is 1. The largest absolute Gasteiger partial charge is 0.417 e. The fraction of sp³-hybridized carbons (Fsp3) is 0.0667. The number of amides is 1. The summed E-state index contributed by atoms with van der Waals surface area (Å²) in [5.74, 6) is 0.440. The van der Waals surface area contributed by atoms with Crippen LogP contribution in [0.25, 0.3) is 28.1 Å². The summed E-state index contributed by atoms with van der Waals surface area (Å²) in [5.41, 5.74) is 1.39. The first-order valence-electron chi connectivity index (χ1n) is 6.66. The van der Waals surface area contributed by atoms with Crippen molar-refractivity contribution < 1.29 is 9.21 Å². The number of hydrogen-bond acceptors (Lipinski definition) is 7. The number of hydrogen-bond donors (Lipinski definition) is 0. The van der Waals surface area contributed by atoms with E-state index in [1.807, 2.05) is 30.3 Å². The van der Waals surface area contributed by atoms with Gasteiger partial charge in [-0.15, -0.1) is 0 Å². The smallest absolute Gasteiger partial charge is 0.266 e. The van der Waals surface area contributed by atoms with E-state index < -0.39 is 0 Å².